The van der Waals surface area contributed by atoms with E-state index in [2.05, 4.69) is 22.4 Å². The quantitative estimate of drug-likeness (QED) is 0.446. The van der Waals surface area contributed by atoms with E-state index in [0.29, 0.717) is 17.3 Å². The number of rotatable bonds is 8. The van der Waals surface area contributed by atoms with E-state index in [-0.39, 0.29) is 11.8 Å². The van der Waals surface area contributed by atoms with Crippen molar-refractivity contribution in [3.05, 3.63) is 52.2 Å². The van der Waals surface area contributed by atoms with Crippen LogP contribution in [0.25, 0.3) is 0 Å². The predicted octanol–water partition coefficient (Wildman–Crippen LogP) is 3.62. The second-order valence-electron chi connectivity index (χ2n) is 5.28. The number of aromatic nitrogens is 1. The van der Waals surface area contributed by atoms with E-state index in [9.17, 15) is 10.1 Å². The molecule has 0 spiro atoms. The summed E-state index contributed by atoms with van der Waals surface area (Å²) in [6.07, 6.45) is 3.77. The zero-order valence-electron chi connectivity index (χ0n) is 14.3. The normalized spacial score (nSPS) is 12.0. The molecule has 2 rings (SSSR count). The van der Waals surface area contributed by atoms with Gasteiger partial charge in [0, 0.05) is 6.07 Å². The number of hydrogen-bond donors (Lipinski definition) is 1. The maximum Gasteiger partial charge on any atom is 0.287 e. The molecule has 8 nitrogen and oxygen atoms in total. The maximum absolute atomic E-state index is 10.6. The zero-order valence-corrected chi connectivity index (χ0v) is 14.3. The van der Waals surface area contributed by atoms with Gasteiger partial charge in [-0.1, -0.05) is 6.92 Å². The van der Waals surface area contributed by atoms with Gasteiger partial charge in [-0.25, -0.2) is 4.98 Å². The van der Waals surface area contributed by atoms with Crippen LogP contribution in [-0.2, 0) is 0 Å². The van der Waals surface area contributed by atoms with Crippen molar-refractivity contribution >= 4 is 17.7 Å². The standard InChI is InChI=1S/C17H20N4O4/c1-4-12(2)25-15-7-5-13(9-16(15)24-3)10-19-20-17-8-6-14(11-18-17)21(22)23/h5-12H,4H2,1-3H3,(H,18,20)/b19-10+/t12-/m1/s1. The highest BCUT2D eigenvalue weighted by atomic mass is 16.6. The molecule has 2 aromatic rings. The molecule has 0 amide bonds. The smallest absolute Gasteiger partial charge is 0.287 e. The third kappa shape index (κ3) is 5.17. The summed E-state index contributed by atoms with van der Waals surface area (Å²) < 4.78 is 11.1. The number of hydrazone groups is 1. The second-order valence-corrected chi connectivity index (χ2v) is 5.28. The Balaban J connectivity index is 2.04. The van der Waals surface area contributed by atoms with E-state index in [1.807, 2.05) is 25.1 Å². The number of anilines is 1. The summed E-state index contributed by atoms with van der Waals surface area (Å²) in [5.41, 5.74) is 3.45. The summed E-state index contributed by atoms with van der Waals surface area (Å²) in [5.74, 6) is 1.71. The van der Waals surface area contributed by atoms with Crippen molar-refractivity contribution in [1.82, 2.24) is 4.98 Å². The van der Waals surface area contributed by atoms with Crippen molar-refractivity contribution in [3.8, 4) is 11.5 Å². The van der Waals surface area contributed by atoms with Gasteiger partial charge >= 0.3 is 0 Å². The average molecular weight is 344 g/mol. The molecule has 1 N–H and O–H groups in total. The molecule has 1 aromatic heterocycles. The third-order valence-electron chi connectivity index (χ3n) is 3.44. The number of nitro groups is 1. The highest BCUT2D eigenvalue weighted by Gasteiger charge is 2.08. The summed E-state index contributed by atoms with van der Waals surface area (Å²) in [5, 5.41) is 14.6. The molecule has 0 fully saturated rings. The van der Waals surface area contributed by atoms with Gasteiger partial charge in [0.05, 0.1) is 24.4 Å². The van der Waals surface area contributed by atoms with Crippen LogP contribution in [0.2, 0.25) is 0 Å². The van der Waals surface area contributed by atoms with Crippen molar-refractivity contribution in [1.29, 1.82) is 0 Å². The van der Waals surface area contributed by atoms with E-state index in [1.165, 1.54) is 18.3 Å². The first-order valence-electron chi connectivity index (χ1n) is 7.77. The molecule has 1 aromatic carbocycles. The largest absolute Gasteiger partial charge is 0.493 e. The lowest BCUT2D eigenvalue weighted by atomic mass is 10.2. The zero-order chi connectivity index (χ0) is 18.2. The fourth-order valence-electron chi connectivity index (χ4n) is 1.90. The Morgan fingerprint density at radius 3 is 2.76 bits per heavy atom. The molecule has 0 unspecified atom stereocenters. The van der Waals surface area contributed by atoms with Gasteiger partial charge < -0.3 is 9.47 Å². The predicted molar refractivity (Wildman–Crippen MR) is 95.5 cm³/mol. The van der Waals surface area contributed by atoms with Crippen LogP contribution in [0.3, 0.4) is 0 Å². The first-order chi connectivity index (χ1) is 12.0. The first-order valence-corrected chi connectivity index (χ1v) is 7.77. The summed E-state index contributed by atoms with van der Waals surface area (Å²) in [6, 6.07) is 8.34. The van der Waals surface area contributed by atoms with Crippen molar-refractivity contribution in [2.24, 2.45) is 5.10 Å². The molecule has 0 saturated heterocycles. The molecule has 0 aliphatic heterocycles. The number of ether oxygens (including phenoxy) is 2. The summed E-state index contributed by atoms with van der Waals surface area (Å²) >= 11 is 0. The SMILES string of the molecule is CC[C@@H](C)Oc1ccc(/C=N/Nc2ccc([N+](=O)[O-])cn2)cc1OC. The van der Waals surface area contributed by atoms with Crippen molar-refractivity contribution in [3.63, 3.8) is 0 Å². The lowest BCUT2D eigenvalue weighted by Crippen LogP contribution is -2.10. The number of nitrogens with zero attached hydrogens (tertiary/aromatic N) is 3. The molecular weight excluding hydrogens is 324 g/mol. The van der Waals surface area contributed by atoms with Crippen LogP contribution in [0.5, 0.6) is 11.5 Å². The van der Waals surface area contributed by atoms with Gasteiger partial charge in [-0.2, -0.15) is 5.10 Å². The number of hydrogen-bond acceptors (Lipinski definition) is 7. The Kier molecular flexibility index (Phi) is 6.27. The van der Waals surface area contributed by atoms with Crippen LogP contribution in [0, 0.1) is 10.1 Å². The minimum Gasteiger partial charge on any atom is -0.493 e. The van der Waals surface area contributed by atoms with E-state index in [1.54, 1.807) is 13.3 Å². The molecule has 1 atom stereocenters. The van der Waals surface area contributed by atoms with E-state index in [0.717, 1.165) is 12.0 Å². The Hall–Kier alpha value is -3.16. The molecule has 0 radical (unpaired) electrons. The number of benzene rings is 1. The van der Waals surface area contributed by atoms with Gasteiger partial charge in [0.2, 0.25) is 0 Å². The van der Waals surface area contributed by atoms with E-state index >= 15 is 0 Å². The third-order valence-corrected chi connectivity index (χ3v) is 3.44. The fraction of sp³-hybridized carbons (Fsp3) is 0.294. The van der Waals surface area contributed by atoms with Crippen molar-refractivity contribution < 1.29 is 14.4 Å². The minimum atomic E-state index is -0.505. The topological polar surface area (TPSA) is 98.9 Å². The average Bonchev–Trinajstić information content (AvgIpc) is 2.63. The molecule has 0 bridgehead atoms. The highest BCUT2D eigenvalue weighted by Crippen LogP contribution is 2.28. The highest BCUT2D eigenvalue weighted by molar-refractivity contribution is 5.81. The second kappa shape index (κ2) is 8.62. The van der Waals surface area contributed by atoms with E-state index < -0.39 is 4.92 Å². The minimum absolute atomic E-state index is 0.0730. The Morgan fingerprint density at radius 2 is 2.16 bits per heavy atom. The van der Waals surface area contributed by atoms with Crippen LogP contribution in [0.15, 0.2) is 41.6 Å². The molecule has 1 heterocycles. The molecule has 0 aliphatic carbocycles. The maximum atomic E-state index is 10.6. The Bertz CT molecular complexity index is 747. The van der Waals surface area contributed by atoms with Crippen LogP contribution < -0.4 is 14.9 Å². The number of pyridine rings is 1. The van der Waals surface area contributed by atoms with Crippen LogP contribution in [0.1, 0.15) is 25.8 Å². The lowest BCUT2D eigenvalue weighted by molar-refractivity contribution is -0.385. The van der Waals surface area contributed by atoms with Crippen LogP contribution >= 0.6 is 0 Å². The Labute approximate surface area is 145 Å². The van der Waals surface area contributed by atoms with Gasteiger partial charge in [0.15, 0.2) is 11.5 Å². The summed E-state index contributed by atoms with van der Waals surface area (Å²) in [6.45, 7) is 4.05. The summed E-state index contributed by atoms with van der Waals surface area (Å²) in [7, 11) is 1.58. The van der Waals surface area contributed by atoms with E-state index in [4.69, 9.17) is 9.47 Å². The van der Waals surface area contributed by atoms with Gasteiger partial charge in [-0.3, -0.25) is 15.5 Å². The molecular formula is C17H20N4O4. The van der Waals surface area contributed by atoms with Crippen LogP contribution in [-0.4, -0.2) is 29.3 Å². The number of nitrogens with one attached hydrogen (secondary N) is 1. The molecule has 0 saturated carbocycles. The number of methoxy groups -OCH3 is 1. The fourth-order valence-corrected chi connectivity index (χ4v) is 1.90. The van der Waals surface area contributed by atoms with Crippen molar-refractivity contribution in [2.75, 3.05) is 12.5 Å². The van der Waals surface area contributed by atoms with Gasteiger partial charge in [-0.05, 0) is 43.2 Å². The molecule has 132 valence electrons. The van der Waals surface area contributed by atoms with Gasteiger partial charge in [-0.15, -0.1) is 0 Å². The monoisotopic (exact) mass is 344 g/mol. The lowest BCUT2D eigenvalue weighted by Gasteiger charge is -2.15. The first kappa shape index (κ1) is 18.2. The molecule has 8 heteroatoms. The van der Waals surface area contributed by atoms with Crippen molar-refractivity contribution in [2.45, 2.75) is 26.4 Å². The molecule has 0 aliphatic rings. The molecule has 25 heavy (non-hydrogen) atoms. The van der Waals surface area contributed by atoms with Gasteiger partial charge in [0.1, 0.15) is 12.0 Å². The van der Waals surface area contributed by atoms with Crippen LogP contribution in [0.4, 0.5) is 11.5 Å². The summed E-state index contributed by atoms with van der Waals surface area (Å²) in [4.78, 5) is 14.0. The van der Waals surface area contributed by atoms with Gasteiger partial charge in [0.25, 0.3) is 5.69 Å². The Morgan fingerprint density at radius 1 is 1.36 bits per heavy atom.